The zero-order valence-corrected chi connectivity index (χ0v) is 13.1. The lowest BCUT2D eigenvalue weighted by atomic mass is 10.2. The van der Waals surface area contributed by atoms with Crippen molar-refractivity contribution < 1.29 is 9.53 Å². The average Bonchev–Trinajstić information content (AvgIpc) is 2.53. The summed E-state index contributed by atoms with van der Waals surface area (Å²) in [4.78, 5) is 12.0. The number of ether oxygens (including phenoxy) is 1. The summed E-state index contributed by atoms with van der Waals surface area (Å²) in [5.41, 5.74) is 0.0977. The molecule has 1 heterocycles. The second-order valence-corrected chi connectivity index (χ2v) is 6.30. The molecule has 0 unspecified atom stereocenters. The fraction of sp³-hybridized carbons (Fsp3) is 0.333. The molecular formula is C12H12ClIN2O2. The summed E-state index contributed by atoms with van der Waals surface area (Å²) in [6, 6.07) is 5.32. The molecule has 0 spiro atoms. The van der Waals surface area contributed by atoms with Crippen LogP contribution in [0.2, 0.25) is 5.02 Å². The molecule has 1 aromatic carbocycles. The van der Waals surface area contributed by atoms with Crippen LogP contribution in [0.3, 0.4) is 0 Å². The highest BCUT2D eigenvalue weighted by Gasteiger charge is 2.21. The molecule has 2 aromatic rings. The summed E-state index contributed by atoms with van der Waals surface area (Å²) >= 11 is 8.02. The van der Waals surface area contributed by atoms with E-state index in [2.05, 4.69) is 27.7 Å². The summed E-state index contributed by atoms with van der Waals surface area (Å²) in [5, 5.41) is 5.62. The molecule has 0 aliphatic heterocycles. The normalized spacial score (nSPS) is 11.8. The van der Waals surface area contributed by atoms with Crippen LogP contribution in [-0.4, -0.2) is 21.5 Å². The van der Waals surface area contributed by atoms with Gasteiger partial charge in [0.1, 0.15) is 9.30 Å². The molecular weight excluding hydrogens is 367 g/mol. The van der Waals surface area contributed by atoms with Crippen molar-refractivity contribution in [3.05, 3.63) is 26.9 Å². The SMILES string of the molecule is CC(C)(C)OC(=O)n1nc(I)c2ccc(Cl)cc21. The third kappa shape index (κ3) is 2.77. The number of aromatic nitrogens is 2. The lowest BCUT2D eigenvalue weighted by Crippen LogP contribution is -2.27. The molecule has 18 heavy (non-hydrogen) atoms. The second kappa shape index (κ2) is 4.70. The summed E-state index contributed by atoms with van der Waals surface area (Å²) in [6.07, 6.45) is -0.502. The maximum absolute atomic E-state index is 12.0. The number of benzene rings is 1. The van der Waals surface area contributed by atoms with Gasteiger partial charge in [-0.25, -0.2) is 4.79 Å². The van der Waals surface area contributed by atoms with Crippen molar-refractivity contribution in [1.82, 2.24) is 9.78 Å². The number of carbonyl (C=O) groups is 1. The van der Waals surface area contributed by atoms with E-state index in [1.165, 1.54) is 4.68 Å². The zero-order chi connectivity index (χ0) is 13.5. The van der Waals surface area contributed by atoms with Crippen LogP contribution < -0.4 is 0 Å². The molecule has 0 radical (unpaired) electrons. The first kappa shape index (κ1) is 13.6. The summed E-state index contributed by atoms with van der Waals surface area (Å²) in [6.45, 7) is 5.44. The van der Waals surface area contributed by atoms with Crippen LogP contribution in [0.5, 0.6) is 0 Å². The van der Waals surface area contributed by atoms with E-state index in [-0.39, 0.29) is 0 Å². The van der Waals surface area contributed by atoms with Crippen molar-refractivity contribution in [2.24, 2.45) is 0 Å². The smallest absolute Gasteiger partial charge is 0.435 e. The molecule has 1 aromatic heterocycles. The van der Waals surface area contributed by atoms with Crippen molar-refractivity contribution >= 4 is 51.2 Å². The fourth-order valence-corrected chi connectivity index (χ4v) is 2.33. The highest BCUT2D eigenvalue weighted by atomic mass is 127. The van der Waals surface area contributed by atoms with E-state index in [0.717, 1.165) is 9.09 Å². The number of carbonyl (C=O) groups excluding carboxylic acids is 1. The molecule has 96 valence electrons. The monoisotopic (exact) mass is 378 g/mol. The predicted octanol–water partition coefficient (Wildman–Crippen LogP) is 4.08. The van der Waals surface area contributed by atoms with Gasteiger partial charge in [-0.05, 0) is 61.6 Å². The van der Waals surface area contributed by atoms with Crippen LogP contribution in [0.1, 0.15) is 20.8 Å². The molecule has 0 N–H and O–H groups in total. The van der Waals surface area contributed by atoms with E-state index < -0.39 is 11.7 Å². The highest BCUT2D eigenvalue weighted by molar-refractivity contribution is 14.1. The first-order valence-electron chi connectivity index (χ1n) is 5.35. The fourth-order valence-electron chi connectivity index (χ4n) is 1.49. The Balaban J connectivity index is 2.51. The van der Waals surface area contributed by atoms with Crippen LogP contribution in [0.4, 0.5) is 4.79 Å². The van der Waals surface area contributed by atoms with Crippen LogP contribution in [0, 0.1) is 3.70 Å². The standard InChI is InChI=1S/C12H12ClIN2O2/c1-12(2,3)18-11(17)16-9-6-7(13)4-5-8(9)10(14)15-16/h4-6H,1-3H3. The Morgan fingerprint density at radius 2 is 2.11 bits per heavy atom. The molecule has 0 fully saturated rings. The van der Waals surface area contributed by atoms with E-state index in [4.69, 9.17) is 16.3 Å². The molecule has 0 atom stereocenters. The number of fused-ring (bicyclic) bond motifs is 1. The quantitative estimate of drug-likeness (QED) is 0.649. The number of hydrogen-bond acceptors (Lipinski definition) is 3. The van der Waals surface area contributed by atoms with Gasteiger partial charge < -0.3 is 4.74 Å². The van der Waals surface area contributed by atoms with Gasteiger partial charge >= 0.3 is 6.09 Å². The van der Waals surface area contributed by atoms with Gasteiger partial charge in [0.15, 0.2) is 0 Å². The third-order valence-corrected chi connectivity index (χ3v) is 3.20. The Bertz CT molecular complexity index is 616. The van der Waals surface area contributed by atoms with Gasteiger partial charge in [0.25, 0.3) is 0 Å². The first-order valence-corrected chi connectivity index (χ1v) is 6.81. The largest absolute Gasteiger partial charge is 0.442 e. The van der Waals surface area contributed by atoms with Gasteiger partial charge in [-0.3, -0.25) is 0 Å². The minimum absolute atomic E-state index is 0.502. The molecule has 2 rings (SSSR count). The molecule has 6 heteroatoms. The van der Waals surface area contributed by atoms with Crippen molar-refractivity contribution in [2.45, 2.75) is 26.4 Å². The zero-order valence-electron chi connectivity index (χ0n) is 10.2. The van der Waals surface area contributed by atoms with E-state index in [0.29, 0.717) is 10.5 Å². The van der Waals surface area contributed by atoms with Crippen LogP contribution in [0.25, 0.3) is 10.9 Å². The Hall–Kier alpha value is -0.820. The summed E-state index contributed by atoms with van der Waals surface area (Å²) < 4.78 is 7.29. The molecule has 0 amide bonds. The molecule has 0 saturated carbocycles. The van der Waals surface area contributed by atoms with E-state index in [9.17, 15) is 4.79 Å². The Morgan fingerprint density at radius 3 is 2.72 bits per heavy atom. The topological polar surface area (TPSA) is 44.1 Å². The predicted molar refractivity (Wildman–Crippen MR) is 79.1 cm³/mol. The minimum atomic E-state index is -0.556. The Kier molecular flexibility index (Phi) is 3.55. The average molecular weight is 379 g/mol. The lowest BCUT2D eigenvalue weighted by molar-refractivity contribution is 0.0522. The van der Waals surface area contributed by atoms with E-state index >= 15 is 0 Å². The van der Waals surface area contributed by atoms with Gasteiger partial charge in [0.05, 0.1) is 5.52 Å². The molecule has 0 aliphatic rings. The second-order valence-electron chi connectivity index (χ2n) is 4.84. The highest BCUT2D eigenvalue weighted by Crippen LogP contribution is 2.24. The molecule has 0 saturated heterocycles. The molecule has 4 nitrogen and oxygen atoms in total. The third-order valence-electron chi connectivity index (χ3n) is 2.16. The van der Waals surface area contributed by atoms with Crippen molar-refractivity contribution in [3.63, 3.8) is 0 Å². The van der Waals surface area contributed by atoms with Crippen molar-refractivity contribution in [2.75, 3.05) is 0 Å². The maximum Gasteiger partial charge on any atom is 0.435 e. The molecule has 0 aliphatic carbocycles. The summed E-state index contributed by atoms with van der Waals surface area (Å²) in [5.74, 6) is 0. The minimum Gasteiger partial charge on any atom is -0.442 e. The summed E-state index contributed by atoms with van der Waals surface area (Å²) in [7, 11) is 0. The van der Waals surface area contributed by atoms with E-state index in [1.807, 2.05) is 26.8 Å². The Labute approximate surface area is 123 Å². The van der Waals surface area contributed by atoms with Crippen LogP contribution >= 0.6 is 34.2 Å². The van der Waals surface area contributed by atoms with E-state index in [1.54, 1.807) is 12.1 Å². The number of hydrogen-bond donors (Lipinski definition) is 0. The lowest BCUT2D eigenvalue weighted by Gasteiger charge is -2.19. The van der Waals surface area contributed by atoms with Crippen molar-refractivity contribution in [3.8, 4) is 0 Å². The van der Waals surface area contributed by atoms with Gasteiger partial charge in [-0.15, -0.1) is 0 Å². The molecule has 0 bridgehead atoms. The van der Waals surface area contributed by atoms with Crippen LogP contribution in [0.15, 0.2) is 18.2 Å². The van der Waals surface area contributed by atoms with Crippen LogP contribution in [-0.2, 0) is 4.74 Å². The number of rotatable bonds is 0. The first-order chi connectivity index (χ1) is 8.28. The van der Waals surface area contributed by atoms with Gasteiger partial charge in [-0.2, -0.15) is 9.78 Å². The van der Waals surface area contributed by atoms with Gasteiger partial charge in [0.2, 0.25) is 0 Å². The van der Waals surface area contributed by atoms with Gasteiger partial charge in [-0.1, -0.05) is 11.6 Å². The van der Waals surface area contributed by atoms with Crippen molar-refractivity contribution in [1.29, 1.82) is 0 Å². The number of halogens is 2. The number of nitrogens with zero attached hydrogens (tertiary/aromatic N) is 2. The maximum atomic E-state index is 12.0. The van der Waals surface area contributed by atoms with Gasteiger partial charge in [0, 0.05) is 10.4 Å². The Morgan fingerprint density at radius 1 is 1.44 bits per heavy atom.